The summed E-state index contributed by atoms with van der Waals surface area (Å²) in [4.78, 5) is 28.0. The molecule has 9 heteroatoms. The molecule has 8 nitrogen and oxygen atoms in total. The summed E-state index contributed by atoms with van der Waals surface area (Å²) in [6.07, 6.45) is 4.27. The van der Waals surface area contributed by atoms with Crippen molar-refractivity contribution in [1.29, 1.82) is 0 Å². The SMILES string of the molecule is COc1ccc(CCN(C)c2cc(C)nc(SCc3ccc(C(=O)NCc4ccncc4)cc3)n2)cc1OC. The van der Waals surface area contributed by atoms with Crippen LogP contribution in [0.1, 0.15) is 32.7 Å². The quantitative estimate of drug-likeness (QED) is 0.195. The predicted molar refractivity (Wildman–Crippen MR) is 155 cm³/mol. The fraction of sp³-hybridized carbons (Fsp3) is 0.267. The van der Waals surface area contributed by atoms with Gasteiger partial charge in [0.25, 0.3) is 5.91 Å². The normalized spacial score (nSPS) is 10.7. The van der Waals surface area contributed by atoms with Crippen molar-refractivity contribution < 1.29 is 14.3 Å². The number of carbonyl (C=O) groups is 1. The first-order chi connectivity index (χ1) is 18.9. The molecule has 0 bridgehead atoms. The molecule has 4 aromatic rings. The summed E-state index contributed by atoms with van der Waals surface area (Å²) in [7, 11) is 5.32. The second kappa shape index (κ2) is 13.6. The second-order valence-corrected chi connectivity index (χ2v) is 9.98. The zero-order valence-corrected chi connectivity index (χ0v) is 23.5. The van der Waals surface area contributed by atoms with Crippen molar-refractivity contribution in [2.75, 3.05) is 32.7 Å². The summed E-state index contributed by atoms with van der Waals surface area (Å²) in [6, 6.07) is 19.4. The first-order valence-corrected chi connectivity index (χ1v) is 13.6. The van der Waals surface area contributed by atoms with E-state index in [9.17, 15) is 4.79 Å². The third kappa shape index (κ3) is 7.94. The van der Waals surface area contributed by atoms with Crippen LogP contribution < -0.4 is 19.7 Å². The van der Waals surface area contributed by atoms with Crippen LogP contribution in [0.4, 0.5) is 5.82 Å². The average molecular weight is 544 g/mol. The molecule has 0 atom stereocenters. The number of ether oxygens (including phenoxy) is 2. The minimum atomic E-state index is -0.103. The molecule has 0 unspecified atom stereocenters. The van der Waals surface area contributed by atoms with Crippen LogP contribution in [0.3, 0.4) is 0 Å². The van der Waals surface area contributed by atoms with Crippen molar-refractivity contribution in [3.8, 4) is 11.5 Å². The van der Waals surface area contributed by atoms with E-state index in [0.717, 1.165) is 57.8 Å². The van der Waals surface area contributed by atoms with Gasteiger partial charge in [-0.2, -0.15) is 0 Å². The Hall–Kier alpha value is -4.11. The van der Waals surface area contributed by atoms with E-state index in [-0.39, 0.29) is 5.91 Å². The standard InChI is InChI=1S/C30H33N5O3S/c1-21-17-28(35(2)16-13-22-7-10-26(37-3)27(18-22)38-4)34-30(33-21)39-20-24-5-8-25(9-6-24)29(36)32-19-23-11-14-31-15-12-23/h5-12,14-15,17-18H,13,16,19-20H2,1-4H3,(H,32,36). The highest BCUT2D eigenvalue weighted by Gasteiger charge is 2.11. The largest absolute Gasteiger partial charge is 0.493 e. The summed E-state index contributed by atoms with van der Waals surface area (Å²) in [6.45, 7) is 3.24. The van der Waals surface area contributed by atoms with Crippen LogP contribution in [0, 0.1) is 6.92 Å². The fourth-order valence-corrected chi connectivity index (χ4v) is 4.77. The molecule has 2 aromatic heterocycles. The third-order valence-corrected chi connectivity index (χ3v) is 7.10. The van der Waals surface area contributed by atoms with Gasteiger partial charge in [0.1, 0.15) is 5.82 Å². The molecular formula is C30H33N5O3S. The third-order valence-electron chi connectivity index (χ3n) is 6.18. The highest BCUT2D eigenvalue weighted by molar-refractivity contribution is 7.98. The molecule has 4 rings (SSSR count). The monoisotopic (exact) mass is 543 g/mol. The Balaban J connectivity index is 1.31. The minimum absolute atomic E-state index is 0.103. The van der Waals surface area contributed by atoms with E-state index >= 15 is 0 Å². The van der Waals surface area contributed by atoms with Crippen LogP contribution in [0.15, 0.2) is 78.2 Å². The first-order valence-electron chi connectivity index (χ1n) is 12.6. The lowest BCUT2D eigenvalue weighted by molar-refractivity contribution is 0.0951. The van der Waals surface area contributed by atoms with Gasteiger partial charge in [-0.3, -0.25) is 9.78 Å². The molecule has 2 heterocycles. The maximum absolute atomic E-state index is 12.5. The Kier molecular flexibility index (Phi) is 9.74. The van der Waals surface area contributed by atoms with Gasteiger partial charge in [-0.15, -0.1) is 0 Å². The van der Waals surface area contributed by atoms with Gasteiger partial charge in [0.2, 0.25) is 0 Å². The number of amides is 1. The second-order valence-electron chi connectivity index (χ2n) is 9.03. The van der Waals surface area contributed by atoms with Crippen molar-refractivity contribution in [3.05, 3.63) is 101 Å². The number of rotatable bonds is 12. The zero-order valence-electron chi connectivity index (χ0n) is 22.7. The van der Waals surface area contributed by atoms with E-state index in [4.69, 9.17) is 14.5 Å². The van der Waals surface area contributed by atoms with E-state index in [2.05, 4.69) is 26.3 Å². The Morgan fingerprint density at radius 3 is 2.33 bits per heavy atom. The molecule has 0 fully saturated rings. The molecule has 0 aliphatic carbocycles. The summed E-state index contributed by atoms with van der Waals surface area (Å²) in [5.74, 6) is 2.94. The van der Waals surface area contributed by atoms with Gasteiger partial charge in [-0.05, 0) is 66.4 Å². The number of benzene rings is 2. The van der Waals surface area contributed by atoms with E-state index in [1.165, 1.54) is 0 Å². The number of carbonyl (C=O) groups excluding carboxylic acids is 1. The number of anilines is 1. The van der Waals surface area contributed by atoms with E-state index in [1.54, 1.807) is 38.4 Å². The number of hydrogen-bond donors (Lipinski definition) is 1. The van der Waals surface area contributed by atoms with Crippen molar-refractivity contribution in [2.24, 2.45) is 0 Å². The lowest BCUT2D eigenvalue weighted by atomic mass is 10.1. The van der Waals surface area contributed by atoms with E-state index < -0.39 is 0 Å². The summed E-state index contributed by atoms with van der Waals surface area (Å²) in [5.41, 5.74) is 4.81. The molecule has 0 aliphatic heterocycles. The smallest absolute Gasteiger partial charge is 0.251 e. The van der Waals surface area contributed by atoms with Crippen LogP contribution in [-0.2, 0) is 18.7 Å². The zero-order chi connectivity index (χ0) is 27.6. The lowest BCUT2D eigenvalue weighted by Crippen LogP contribution is -2.22. The molecule has 0 saturated carbocycles. The van der Waals surface area contributed by atoms with Gasteiger partial charge < -0.3 is 19.7 Å². The van der Waals surface area contributed by atoms with Gasteiger partial charge in [0.05, 0.1) is 14.2 Å². The van der Waals surface area contributed by atoms with Crippen molar-refractivity contribution in [2.45, 2.75) is 30.8 Å². The minimum Gasteiger partial charge on any atom is -0.493 e. The van der Waals surface area contributed by atoms with E-state index in [0.29, 0.717) is 17.9 Å². The van der Waals surface area contributed by atoms with Gasteiger partial charge in [0.15, 0.2) is 16.7 Å². The maximum atomic E-state index is 12.5. The Bertz CT molecular complexity index is 1380. The summed E-state index contributed by atoms with van der Waals surface area (Å²) < 4.78 is 10.8. The Labute approximate surface area is 233 Å². The first kappa shape index (κ1) is 27.9. The maximum Gasteiger partial charge on any atom is 0.251 e. The van der Waals surface area contributed by atoms with Crippen LogP contribution in [0.25, 0.3) is 0 Å². The van der Waals surface area contributed by atoms with Gasteiger partial charge >= 0.3 is 0 Å². The van der Waals surface area contributed by atoms with E-state index in [1.807, 2.05) is 68.6 Å². The number of nitrogens with one attached hydrogen (secondary N) is 1. The molecule has 1 N–H and O–H groups in total. The molecule has 0 saturated heterocycles. The van der Waals surface area contributed by atoms with Crippen LogP contribution in [0.2, 0.25) is 0 Å². The fourth-order valence-electron chi connectivity index (χ4n) is 3.92. The van der Waals surface area contributed by atoms with Crippen molar-refractivity contribution in [3.63, 3.8) is 0 Å². The number of hydrogen-bond acceptors (Lipinski definition) is 8. The van der Waals surface area contributed by atoms with Crippen molar-refractivity contribution >= 4 is 23.5 Å². The number of aromatic nitrogens is 3. The number of nitrogens with zero attached hydrogens (tertiary/aromatic N) is 4. The van der Waals surface area contributed by atoms with Gasteiger partial charge in [-0.25, -0.2) is 9.97 Å². The number of aryl methyl sites for hydroxylation is 1. The Morgan fingerprint density at radius 2 is 1.62 bits per heavy atom. The molecular weight excluding hydrogens is 510 g/mol. The molecule has 0 spiro atoms. The number of thioether (sulfide) groups is 1. The Morgan fingerprint density at radius 1 is 0.897 bits per heavy atom. The lowest BCUT2D eigenvalue weighted by Gasteiger charge is -2.19. The van der Waals surface area contributed by atoms with Crippen LogP contribution in [-0.4, -0.2) is 48.7 Å². The van der Waals surface area contributed by atoms with Crippen molar-refractivity contribution in [1.82, 2.24) is 20.3 Å². The van der Waals surface area contributed by atoms with Gasteiger partial charge in [0, 0.05) is 55.6 Å². The molecule has 0 radical (unpaired) electrons. The summed E-state index contributed by atoms with van der Waals surface area (Å²) in [5, 5.41) is 3.66. The highest BCUT2D eigenvalue weighted by Crippen LogP contribution is 2.28. The highest BCUT2D eigenvalue weighted by atomic mass is 32.2. The average Bonchev–Trinajstić information content (AvgIpc) is 2.97. The molecule has 202 valence electrons. The number of methoxy groups -OCH3 is 2. The van der Waals surface area contributed by atoms with Gasteiger partial charge in [-0.1, -0.05) is 30.0 Å². The molecule has 2 aromatic carbocycles. The molecule has 1 amide bonds. The number of likely N-dealkylation sites (N-methyl/N-ethyl adjacent to an activating group) is 1. The predicted octanol–water partition coefficient (Wildman–Crippen LogP) is 5.10. The van der Waals surface area contributed by atoms with Crippen LogP contribution >= 0.6 is 11.8 Å². The topological polar surface area (TPSA) is 89.5 Å². The van der Waals surface area contributed by atoms with Crippen LogP contribution in [0.5, 0.6) is 11.5 Å². The molecule has 0 aliphatic rings. The summed E-state index contributed by atoms with van der Waals surface area (Å²) >= 11 is 1.58. The number of pyridine rings is 1. The molecule has 39 heavy (non-hydrogen) atoms.